The van der Waals surface area contributed by atoms with E-state index in [1.165, 1.54) is 12.2 Å². The molecule has 96 valence electrons. The Labute approximate surface area is 110 Å². The van der Waals surface area contributed by atoms with Crippen LogP contribution in [-0.2, 0) is 4.79 Å². The first-order chi connectivity index (χ1) is 9.16. The first-order valence-corrected chi connectivity index (χ1v) is 6.19. The molecule has 3 heteroatoms. The normalized spacial score (nSPS) is 29.3. The van der Waals surface area contributed by atoms with Gasteiger partial charge in [0.1, 0.15) is 12.0 Å². The zero-order valence-corrected chi connectivity index (χ0v) is 10.1. The van der Waals surface area contributed by atoms with E-state index in [4.69, 9.17) is 0 Å². The van der Waals surface area contributed by atoms with Gasteiger partial charge in [0.05, 0.1) is 5.92 Å². The molecule has 3 aliphatic carbocycles. The standard InChI is InChI=1S/C16H12F2O/c17-13-5-1-3-10-7-8-15(19)16-11(9-12(10)13)4-2-6-14(16)18/h1-4,6-9,13,16H,5H2. The molecule has 0 N–H and O–H groups in total. The van der Waals surface area contributed by atoms with Crippen LogP contribution in [0.15, 0.2) is 71.2 Å². The lowest BCUT2D eigenvalue weighted by Gasteiger charge is -2.22. The van der Waals surface area contributed by atoms with Gasteiger partial charge < -0.3 is 0 Å². The lowest BCUT2D eigenvalue weighted by molar-refractivity contribution is -0.116. The highest BCUT2D eigenvalue weighted by molar-refractivity contribution is 5.97. The second-order valence-corrected chi connectivity index (χ2v) is 4.74. The zero-order valence-electron chi connectivity index (χ0n) is 10.1. The summed E-state index contributed by atoms with van der Waals surface area (Å²) in [4.78, 5) is 12.0. The molecule has 0 spiro atoms. The molecule has 0 aliphatic heterocycles. The van der Waals surface area contributed by atoms with Gasteiger partial charge in [0.15, 0.2) is 5.78 Å². The van der Waals surface area contributed by atoms with E-state index in [-0.39, 0.29) is 5.78 Å². The van der Waals surface area contributed by atoms with Crippen molar-refractivity contribution in [3.63, 3.8) is 0 Å². The van der Waals surface area contributed by atoms with E-state index >= 15 is 0 Å². The minimum absolute atomic E-state index is 0.315. The summed E-state index contributed by atoms with van der Waals surface area (Å²) in [6, 6.07) is 0. The number of rotatable bonds is 0. The maximum Gasteiger partial charge on any atom is 0.169 e. The molecule has 0 aromatic carbocycles. The van der Waals surface area contributed by atoms with Crippen molar-refractivity contribution in [1.29, 1.82) is 0 Å². The second-order valence-electron chi connectivity index (χ2n) is 4.74. The molecule has 0 bridgehead atoms. The van der Waals surface area contributed by atoms with E-state index < -0.39 is 17.9 Å². The van der Waals surface area contributed by atoms with Gasteiger partial charge >= 0.3 is 0 Å². The lowest BCUT2D eigenvalue weighted by atomic mass is 9.83. The Morgan fingerprint density at radius 2 is 2.00 bits per heavy atom. The van der Waals surface area contributed by atoms with Gasteiger partial charge in [0.2, 0.25) is 0 Å². The number of carbonyl (C=O) groups excluding carboxylic acids is 1. The number of halogens is 2. The topological polar surface area (TPSA) is 17.1 Å². The summed E-state index contributed by atoms with van der Waals surface area (Å²) in [5.41, 5.74) is 1.71. The van der Waals surface area contributed by atoms with Crippen molar-refractivity contribution in [2.45, 2.75) is 12.6 Å². The van der Waals surface area contributed by atoms with Crippen LogP contribution >= 0.6 is 0 Å². The molecule has 0 saturated carbocycles. The number of fused-ring (bicyclic) bond motifs is 1. The molecule has 2 unspecified atom stereocenters. The minimum atomic E-state index is -1.10. The molecule has 1 nitrogen and oxygen atoms in total. The molecular formula is C16H12F2O. The van der Waals surface area contributed by atoms with E-state index in [0.717, 1.165) is 0 Å². The predicted molar refractivity (Wildman–Crippen MR) is 69.7 cm³/mol. The van der Waals surface area contributed by atoms with Crippen molar-refractivity contribution >= 4 is 5.78 Å². The van der Waals surface area contributed by atoms with Crippen molar-refractivity contribution < 1.29 is 13.6 Å². The van der Waals surface area contributed by atoms with Crippen LogP contribution in [0.25, 0.3) is 0 Å². The molecule has 0 radical (unpaired) electrons. The number of alkyl halides is 1. The van der Waals surface area contributed by atoms with E-state index in [2.05, 4.69) is 0 Å². The van der Waals surface area contributed by atoms with E-state index in [1.54, 1.807) is 36.5 Å². The van der Waals surface area contributed by atoms with Gasteiger partial charge in [-0.25, -0.2) is 8.78 Å². The van der Waals surface area contributed by atoms with Crippen LogP contribution in [0, 0.1) is 5.92 Å². The molecule has 2 atom stereocenters. The minimum Gasteiger partial charge on any atom is -0.294 e. The highest BCUT2D eigenvalue weighted by Crippen LogP contribution is 2.34. The highest BCUT2D eigenvalue weighted by atomic mass is 19.1. The van der Waals surface area contributed by atoms with Gasteiger partial charge in [-0.2, -0.15) is 0 Å². The lowest BCUT2D eigenvalue weighted by Crippen LogP contribution is -2.19. The fourth-order valence-electron chi connectivity index (χ4n) is 2.53. The highest BCUT2D eigenvalue weighted by Gasteiger charge is 2.29. The Morgan fingerprint density at radius 3 is 2.84 bits per heavy atom. The van der Waals surface area contributed by atoms with Gasteiger partial charge in [0, 0.05) is 6.42 Å². The summed E-state index contributed by atoms with van der Waals surface area (Å²) in [5, 5.41) is 0. The molecule has 19 heavy (non-hydrogen) atoms. The summed E-state index contributed by atoms with van der Waals surface area (Å²) >= 11 is 0. The summed E-state index contributed by atoms with van der Waals surface area (Å²) in [6.45, 7) is 0. The Balaban J connectivity index is 2.17. The molecule has 3 aliphatic rings. The van der Waals surface area contributed by atoms with Crippen LogP contribution in [0.1, 0.15) is 6.42 Å². The van der Waals surface area contributed by atoms with Crippen LogP contribution in [0.5, 0.6) is 0 Å². The van der Waals surface area contributed by atoms with E-state index in [0.29, 0.717) is 23.1 Å². The third kappa shape index (κ3) is 2.05. The van der Waals surface area contributed by atoms with Crippen LogP contribution in [-0.4, -0.2) is 12.0 Å². The monoisotopic (exact) mass is 258 g/mol. The van der Waals surface area contributed by atoms with Crippen LogP contribution in [0.3, 0.4) is 0 Å². The fourth-order valence-corrected chi connectivity index (χ4v) is 2.53. The molecule has 0 heterocycles. The van der Waals surface area contributed by atoms with Gasteiger partial charge in [0.25, 0.3) is 0 Å². The number of hydrogen-bond acceptors (Lipinski definition) is 1. The average molecular weight is 258 g/mol. The predicted octanol–water partition coefficient (Wildman–Crippen LogP) is 3.69. The molecule has 0 fully saturated rings. The summed E-state index contributed by atoms with van der Waals surface area (Å²) in [5.74, 6) is -1.73. The average Bonchev–Trinajstić information content (AvgIpc) is 2.37. The summed E-state index contributed by atoms with van der Waals surface area (Å²) < 4.78 is 27.8. The van der Waals surface area contributed by atoms with Crippen LogP contribution < -0.4 is 0 Å². The number of hydrogen-bond donors (Lipinski definition) is 0. The van der Waals surface area contributed by atoms with Crippen molar-refractivity contribution in [2.75, 3.05) is 0 Å². The largest absolute Gasteiger partial charge is 0.294 e. The number of allylic oxidation sites excluding steroid dienone is 12. The zero-order chi connectivity index (χ0) is 13.4. The van der Waals surface area contributed by atoms with Gasteiger partial charge in [-0.1, -0.05) is 36.5 Å². The van der Waals surface area contributed by atoms with Crippen LogP contribution in [0.4, 0.5) is 8.78 Å². The first-order valence-electron chi connectivity index (χ1n) is 6.19. The fraction of sp³-hybridized carbons (Fsp3) is 0.188. The SMILES string of the molecule is O=C1C=CC2=C(C=C3C=CC=C(F)C13)C(F)CC=C2. The Kier molecular flexibility index (Phi) is 2.90. The smallest absolute Gasteiger partial charge is 0.169 e. The summed E-state index contributed by atoms with van der Waals surface area (Å²) in [6.07, 6.45) is 11.8. The van der Waals surface area contributed by atoms with Gasteiger partial charge in [-0.05, 0) is 28.9 Å². The van der Waals surface area contributed by atoms with Gasteiger partial charge in [-0.3, -0.25) is 4.79 Å². The number of ketones is 1. The van der Waals surface area contributed by atoms with Crippen molar-refractivity contribution in [3.8, 4) is 0 Å². The van der Waals surface area contributed by atoms with E-state index in [1.807, 2.05) is 0 Å². The first kappa shape index (κ1) is 12.0. The van der Waals surface area contributed by atoms with Crippen molar-refractivity contribution in [3.05, 3.63) is 71.2 Å². The Hall–Kier alpha value is -2.03. The molecule has 3 rings (SSSR count). The van der Waals surface area contributed by atoms with Crippen molar-refractivity contribution in [2.24, 2.45) is 5.92 Å². The third-order valence-corrected chi connectivity index (χ3v) is 3.50. The quantitative estimate of drug-likeness (QED) is 0.647. The molecule has 0 aromatic rings. The molecule has 0 saturated heterocycles. The van der Waals surface area contributed by atoms with Gasteiger partial charge in [-0.15, -0.1) is 0 Å². The van der Waals surface area contributed by atoms with Crippen molar-refractivity contribution in [1.82, 2.24) is 0 Å². The molecule has 0 amide bonds. The number of carbonyl (C=O) groups is 1. The van der Waals surface area contributed by atoms with Crippen LogP contribution in [0.2, 0.25) is 0 Å². The van der Waals surface area contributed by atoms with E-state index in [9.17, 15) is 13.6 Å². The second kappa shape index (κ2) is 4.57. The maximum atomic E-state index is 14.0. The maximum absolute atomic E-state index is 14.0. The Morgan fingerprint density at radius 1 is 1.16 bits per heavy atom. The molecule has 0 aromatic heterocycles. The third-order valence-electron chi connectivity index (χ3n) is 3.50. The molecular weight excluding hydrogens is 246 g/mol. The Bertz CT molecular complexity index is 615. The summed E-state index contributed by atoms with van der Waals surface area (Å²) in [7, 11) is 0.